The predicted molar refractivity (Wildman–Crippen MR) is 85.7 cm³/mol. The molecule has 0 radical (unpaired) electrons. The van der Waals surface area contributed by atoms with Crippen LogP contribution in [0, 0.1) is 0 Å². The van der Waals surface area contributed by atoms with E-state index < -0.39 is 41.3 Å². The van der Waals surface area contributed by atoms with E-state index in [0.717, 1.165) is 6.07 Å². The van der Waals surface area contributed by atoms with Gasteiger partial charge in [-0.3, -0.25) is 0 Å². The van der Waals surface area contributed by atoms with Crippen molar-refractivity contribution in [3.8, 4) is 0 Å². The highest BCUT2D eigenvalue weighted by Crippen LogP contribution is 2.35. The second kappa shape index (κ2) is 7.92. The Morgan fingerprint density at radius 1 is 1.28 bits per heavy atom. The Kier molecular flexibility index (Phi) is 6.67. The molecule has 142 valence electrons. The number of carbonyl (C=O) groups is 1. The normalized spacial score (nSPS) is 14.7. The van der Waals surface area contributed by atoms with E-state index in [1.807, 2.05) is 0 Å². The van der Waals surface area contributed by atoms with E-state index in [0.29, 0.717) is 6.07 Å². The molecule has 0 heterocycles. The van der Waals surface area contributed by atoms with Crippen molar-refractivity contribution in [2.24, 2.45) is 0 Å². The summed E-state index contributed by atoms with van der Waals surface area (Å²) in [5.74, 6) is 0. The second-order valence-corrected chi connectivity index (χ2v) is 6.57. The fraction of sp³-hybridized carbons (Fsp3) is 0.562. The number of hydrogen-bond donors (Lipinski definition) is 4. The second-order valence-electron chi connectivity index (χ2n) is 6.57. The Morgan fingerprint density at radius 2 is 1.88 bits per heavy atom. The number of anilines is 1. The number of halogens is 3. The topological polar surface area (TPSA) is 105 Å². The fourth-order valence-electron chi connectivity index (χ4n) is 2.02. The van der Waals surface area contributed by atoms with Gasteiger partial charge in [-0.25, -0.2) is 4.79 Å². The molecule has 1 rings (SSSR count). The summed E-state index contributed by atoms with van der Waals surface area (Å²) in [5, 5.41) is 22.3. The number of benzene rings is 1. The number of amides is 1. The molecule has 0 saturated carbocycles. The third kappa shape index (κ3) is 6.79. The third-order valence-corrected chi connectivity index (χ3v) is 3.20. The number of hydrogen-bond acceptors (Lipinski definition) is 5. The number of aliphatic hydroxyl groups excluding tert-OH is 2. The molecule has 1 aromatic rings. The van der Waals surface area contributed by atoms with Crippen molar-refractivity contribution in [1.82, 2.24) is 5.32 Å². The summed E-state index contributed by atoms with van der Waals surface area (Å²) in [4.78, 5) is 11.5. The van der Waals surface area contributed by atoms with Crippen LogP contribution in [0.25, 0.3) is 0 Å². The van der Waals surface area contributed by atoms with Gasteiger partial charge in [-0.1, -0.05) is 6.07 Å². The lowest BCUT2D eigenvalue weighted by molar-refractivity contribution is -0.137. The number of alkyl carbamates (subject to hydrolysis) is 1. The van der Waals surface area contributed by atoms with Crippen molar-refractivity contribution < 1.29 is 32.9 Å². The smallest absolute Gasteiger partial charge is 0.418 e. The van der Waals surface area contributed by atoms with E-state index >= 15 is 0 Å². The Balaban J connectivity index is 2.65. The molecule has 0 fully saturated rings. The number of aliphatic hydroxyl groups is 2. The molecule has 0 saturated heterocycles. The number of alkyl halides is 3. The van der Waals surface area contributed by atoms with Crippen LogP contribution >= 0.6 is 0 Å². The maximum atomic E-state index is 12.8. The van der Waals surface area contributed by atoms with Crippen molar-refractivity contribution in [2.45, 2.75) is 51.2 Å². The molecular formula is C16H23F3N2O4. The molecule has 2 atom stereocenters. The van der Waals surface area contributed by atoms with Crippen LogP contribution in [0.4, 0.5) is 23.7 Å². The van der Waals surface area contributed by atoms with Crippen LogP contribution in [-0.2, 0) is 10.9 Å². The van der Waals surface area contributed by atoms with E-state index in [9.17, 15) is 28.2 Å². The summed E-state index contributed by atoms with van der Waals surface area (Å²) in [6, 6.07) is 2.93. The monoisotopic (exact) mass is 364 g/mol. The molecule has 6 nitrogen and oxygen atoms in total. The first kappa shape index (κ1) is 21.0. The van der Waals surface area contributed by atoms with Crippen molar-refractivity contribution in [1.29, 1.82) is 0 Å². The number of nitrogens with one attached hydrogen (secondary N) is 1. The highest BCUT2D eigenvalue weighted by atomic mass is 19.4. The molecule has 0 spiro atoms. The highest BCUT2D eigenvalue weighted by molar-refractivity contribution is 5.67. The number of rotatable bonds is 5. The molecule has 9 heteroatoms. The molecule has 5 N–H and O–H groups in total. The first-order valence-corrected chi connectivity index (χ1v) is 7.61. The maximum absolute atomic E-state index is 12.8. The minimum Gasteiger partial charge on any atom is -0.444 e. The van der Waals surface area contributed by atoms with Gasteiger partial charge < -0.3 is 26.0 Å². The van der Waals surface area contributed by atoms with Gasteiger partial charge in [0.05, 0.1) is 11.7 Å². The van der Waals surface area contributed by atoms with Crippen LogP contribution in [-0.4, -0.2) is 34.6 Å². The van der Waals surface area contributed by atoms with Crippen LogP contribution < -0.4 is 11.1 Å². The SMILES string of the molecule is CC(C)(C)OC(=O)NCCC(O)C(O)c1ccc(N)c(C(F)(F)F)c1. The predicted octanol–water partition coefficient (Wildman–Crippen LogP) is 2.60. The lowest BCUT2D eigenvalue weighted by Crippen LogP contribution is -2.34. The van der Waals surface area contributed by atoms with Crippen LogP contribution in [0.2, 0.25) is 0 Å². The van der Waals surface area contributed by atoms with Gasteiger partial charge in [0.2, 0.25) is 0 Å². The Morgan fingerprint density at radius 3 is 2.40 bits per heavy atom. The van der Waals surface area contributed by atoms with Crippen LogP contribution in [0.15, 0.2) is 18.2 Å². The first-order chi connectivity index (χ1) is 11.3. The lowest BCUT2D eigenvalue weighted by Gasteiger charge is -2.22. The average Bonchev–Trinajstić information content (AvgIpc) is 2.43. The van der Waals surface area contributed by atoms with Crippen molar-refractivity contribution in [2.75, 3.05) is 12.3 Å². The molecule has 2 unspecified atom stereocenters. The number of nitrogen functional groups attached to an aromatic ring is 1. The van der Waals surface area contributed by atoms with Gasteiger partial charge in [-0.2, -0.15) is 13.2 Å². The zero-order valence-electron chi connectivity index (χ0n) is 14.2. The van der Waals surface area contributed by atoms with E-state index in [-0.39, 0.29) is 18.5 Å². The highest BCUT2D eigenvalue weighted by Gasteiger charge is 2.34. The zero-order valence-corrected chi connectivity index (χ0v) is 14.2. The molecule has 1 amide bonds. The zero-order chi connectivity index (χ0) is 19.4. The van der Waals surface area contributed by atoms with Crippen LogP contribution in [0.1, 0.15) is 44.4 Å². The van der Waals surface area contributed by atoms with E-state index in [4.69, 9.17) is 10.5 Å². The first-order valence-electron chi connectivity index (χ1n) is 7.61. The van der Waals surface area contributed by atoms with Crippen molar-refractivity contribution >= 4 is 11.8 Å². The number of nitrogens with two attached hydrogens (primary N) is 1. The Bertz CT molecular complexity index is 600. The summed E-state index contributed by atoms with van der Waals surface area (Å²) >= 11 is 0. The van der Waals surface area contributed by atoms with Gasteiger partial charge >= 0.3 is 12.3 Å². The quantitative estimate of drug-likeness (QED) is 0.601. The van der Waals surface area contributed by atoms with Crippen molar-refractivity contribution in [3.63, 3.8) is 0 Å². The summed E-state index contributed by atoms with van der Waals surface area (Å²) < 4.78 is 43.5. The standard InChI is InChI=1S/C16H23F3N2O4/c1-15(2,3)25-14(24)21-7-6-12(22)13(23)9-4-5-11(20)10(8-9)16(17,18)19/h4-5,8,12-13,22-23H,6-7,20H2,1-3H3,(H,21,24). The number of ether oxygens (including phenoxy) is 1. The van der Waals surface area contributed by atoms with Crippen LogP contribution in [0.5, 0.6) is 0 Å². The minimum atomic E-state index is -4.66. The van der Waals surface area contributed by atoms with Crippen LogP contribution in [0.3, 0.4) is 0 Å². The summed E-state index contributed by atoms with van der Waals surface area (Å²) in [5.41, 5.74) is 2.94. The lowest BCUT2D eigenvalue weighted by atomic mass is 9.99. The van der Waals surface area contributed by atoms with E-state index in [1.165, 1.54) is 6.07 Å². The van der Waals surface area contributed by atoms with Gasteiger partial charge in [0.1, 0.15) is 11.7 Å². The van der Waals surface area contributed by atoms with Gasteiger partial charge in [0.15, 0.2) is 0 Å². The van der Waals surface area contributed by atoms with E-state index in [1.54, 1.807) is 20.8 Å². The molecule has 0 bridgehead atoms. The maximum Gasteiger partial charge on any atom is 0.418 e. The van der Waals surface area contributed by atoms with Crippen molar-refractivity contribution in [3.05, 3.63) is 29.3 Å². The Labute approximate surface area is 143 Å². The molecule has 1 aromatic carbocycles. The summed E-state index contributed by atoms with van der Waals surface area (Å²) in [7, 11) is 0. The molecule has 0 aliphatic rings. The molecule has 25 heavy (non-hydrogen) atoms. The fourth-order valence-corrected chi connectivity index (χ4v) is 2.02. The largest absolute Gasteiger partial charge is 0.444 e. The molecule has 0 aliphatic carbocycles. The summed E-state index contributed by atoms with van der Waals surface area (Å²) in [6.07, 6.45) is -8.36. The van der Waals surface area contributed by atoms with Gasteiger partial charge in [-0.15, -0.1) is 0 Å². The van der Waals surface area contributed by atoms with E-state index in [2.05, 4.69) is 5.32 Å². The third-order valence-electron chi connectivity index (χ3n) is 3.20. The minimum absolute atomic E-state index is 0.0196. The number of carbonyl (C=O) groups excluding carboxylic acids is 1. The summed E-state index contributed by atoms with van der Waals surface area (Å²) in [6.45, 7) is 5.04. The Hall–Kier alpha value is -2.00. The van der Waals surface area contributed by atoms with Gasteiger partial charge in [0.25, 0.3) is 0 Å². The molecular weight excluding hydrogens is 341 g/mol. The molecule has 0 aliphatic heterocycles. The van der Waals surface area contributed by atoms with Gasteiger partial charge in [0, 0.05) is 12.2 Å². The average molecular weight is 364 g/mol. The van der Waals surface area contributed by atoms with Gasteiger partial charge in [-0.05, 0) is 44.9 Å². The molecule has 0 aromatic heterocycles.